The zero-order chi connectivity index (χ0) is 12.8. The average Bonchev–Trinajstić information content (AvgIpc) is 2.42. The van der Waals surface area contributed by atoms with Crippen LogP contribution >= 0.6 is 0 Å². The van der Waals surface area contributed by atoms with Crippen LogP contribution in [0.25, 0.3) is 0 Å². The molecule has 0 bridgehead atoms. The molecule has 1 atom stereocenters. The van der Waals surface area contributed by atoms with Crippen LogP contribution in [-0.4, -0.2) is 13.7 Å². The topological polar surface area (TPSA) is 21.3 Å². The van der Waals surface area contributed by atoms with Gasteiger partial charge >= 0.3 is 0 Å². The van der Waals surface area contributed by atoms with Crippen LogP contribution in [0.3, 0.4) is 0 Å². The summed E-state index contributed by atoms with van der Waals surface area (Å²) < 4.78 is 5.60. The van der Waals surface area contributed by atoms with Gasteiger partial charge in [-0.15, -0.1) is 0 Å². The number of rotatable bonds is 5. The molecule has 0 aliphatic heterocycles. The maximum atomic E-state index is 5.60. The first-order chi connectivity index (χ1) is 8.85. The summed E-state index contributed by atoms with van der Waals surface area (Å²) in [5.41, 5.74) is 1.37. The third-order valence-corrected chi connectivity index (χ3v) is 3.96. The lowest BCUT2D eigenvalue weighted by molar-refractivity contribution is 0.280. The van der Waals surface area contributed by atoms with Crippen molar-refractivity contribution < 1.29 is 4.74 Å². The second-order valence-electron chi connectivity index (χ2n) is 5.17. The molecule has 1 aromatic rings. The minimum absolute atomic E-state index is 0.478. The molecule has 100 valence electrons. The lowest BCUT2D eigenvalue weighted by atomic mass is 9.81. The number of nitrogens with one attached hydrogen (secondary N) is 1. The standard InChI is InChI=1S/C16H25NO/c1-3-18-15-11-7-10-14(12-15)16(17-2)13-8-5-4-6-9-13/h7,10-13,16-17H,3-6,8-9H2,1-2H3. The van der Waals surface area contributed by atoms with Gasteiger partial charge in [-0.25, -0.2) is 0 Å². The van der Waals surface area contributed by atoms with Crippen molar-refractivity contribution in [3.63, 3.8) is 0 Å². The van der Waals surface area contributed by atoms with E-state index in [-0.39, 0.29) is 0 Å². The van der Waals surface area contributed by atoms with Crippen molar-refractivity contribution in [1.29, 1.82) is 0 Å². The van der Waals surface area contributed by atoms with Gasteiger partial charge in [-0.2, -0.15) is 0 Å². The van der Waals surface area contributed by atoms with Gasteiger partial charge in [0.25, 0.3) is 0 Å². The van der Waals surface area contributed by atoms with Crippen LogP contribution in [0.2, 0.25) is 0 Å². The first kappa shape index (κ1) is 13.4. The first-order valence-corrected chi connectivity index (χ1v) is 7.25. The predicted molar refractivity (Wildman–Crippen MR) is 76.0 cm³/mol. The Labute approximate surface area is 111 Å². The molecule has 2 rings (SSSR count). The molecule has 18 heavy (non-hydrogen) atoms. The second kappa shape index (κ2) is 6.79. The second-order valence-corrected chi connectivity index (χ2v) is 5.17. The fourth-order valence-electron chi connectivity index (χ4n) is 3.11. The van der Waals surface area contributed by atoms with E-state index in [0.717, 1.165) is 18.3 Å². The number of hydrogen-bond donors (Lipinski definition) is 1. The van der Waals surface area contributed by atoms with Crippen LogP contribution in [0.1, 0.15) is 50.6 Å². The van der Waals surface area contributed by atoms with Crippen molar-refractivity contribution in [2.75, 3.05) is 13.7 Å². The highest BCUT2D eigenvalue weighted by Gasteiger charge is 2.23. The van der Waals surface area contributed by atoms with Crippen LogP contribution in [-0.2, 0) is 0 Å². The fraction of sp³-hybridized carbons (Fsp3) is 0.625. The highest BCUT2D eigenvalue weighted by molar-refractivity contribution is 5.31. The molecule has 0 aromatic heterocycles. The lowest BCUT2D eigenvalue weighted by Crippen LogP contribution is -2.26. The Kier molecular flexibility index (Phi) is 5.06. The molecule has 1 saturated carbocycles. The molecule has 1 fully saturated rings. The lowest BCUT2D eigenvalue weighted by Gasteiger charge is -2.30. The van der Waals surface area contributed by atoms with E-state index in [1.165, 1.54) is 37.7 Å². The van der Waals surface area contributed by atoms with Gasteiger partial charge in [-0.3, -0.25) is 0 Å². The van der Waals surface area contributed by atoms with Crippen molar-refractivity contribution in [2.24, 2.45) is 5.92 Å². The Morgan fingerprint density at radius 1 is 1.28 bits per heavy atom. The molecule has 0 saturated heterocycles. The average molecular weight is 247 g/mol. The zero-order valence-corrected chi connectivity index (χ0v) is 11.6. The molecule has 0 heterocycles. The summed E-state index contributed by atoms with van der Waals surface area (Å²) in [5.74, 6) is 1.77. The van der Waals surface area contributed by atoms with E-state index in [9.17, 15) is 0 Å². The van der Waals surface area contributed by atoms with E-state index in [4.69, 9.17) is 4.74 Å². The van der Waals surface area contributed by atoms with E-state index >= 15 is 0 Å². The maximum Gasteiger partial charge on any atom is 0.119 e. The van der Waals surface area contributed by atoms with Crippen LogP contribution in [0.5, 0.6) is 5.75 Å². The third-order valence-electron chi connectivity index (χ3n) is 3.96. The molecular weight excluding hydrogens is 222 g/mol. The molecule has 2 nitrogen and oxygen atoms in total. The van der Waals surface area contributed by atoms with Crippen LogP contribution in [0.15, 0.2) is 24.3 Å². The fourth-order valence-corrected chi connectivity index (χ4v) is 3.11. The highest BCUT2D eigenvalue weighted by Crippen LogP contribution is 2.35. The molecular formula is C16H25NO. The predicted octanol–water partition coefficient (Wildman–Crippen LogP) is 3.93. The van der Waals surface area contributed by atoms with Crippen molar-refractivity contribution in [2.45, 2.75) is 45.1 Å². The normalized spacial score (nSPS) is 18.6. The number of benzene rings is 1. The highest BCUT2D eigenvalue weighted by atomic mass is 16.5. The van der Waals surface area contributed by atoms with E-state index in [2.05, 4.69) is 30.6 Å². The van der Waals surface area contributed by atoms with Crippen molar-refractivity contribution in [3.05, 3.63) is 29.8 Å². The van der Waals surface area contributed by atoms with Crippen LogP contribution in [0, 0.1) is 5.92 Å². The maximum absolute atomic E-state index is 5.60. The molecule has 1 aromatic carbocycles. The van der Waals surface area contributed by atoms with Crippen LogP contribution in [0.4, 0.5) is 0 Å². The summed E-state index contributed by atoms with van der Waals surface area (Å²) in [4.78, 5) is 0. The molecule has 1 unspecified atom stereocenters. The first-order valence-electron chi connectivity index (χ1n) is 7.25. The Balaban J connectivity index is 2.12. The molecule has 1 aliphatic carbocycles. The van der Waals surface area contributed by atoms with Crippen molar-refractivity contribution in [3.8, 4) is 5.75 Å². The molecule has 1 N–H and O–H groups in total. The Hall–Kier alpha value is -1.02. The summed E-state index contributed by atoms with van der Waals surface area (Å²) in [5, 5.41) is 3.50. The van der Waals surface area contributed by atoms with Gasteiger partial charge in [0.05, 0.1) is 6.61 Å². The quantitative estimate of drug-likeness (QED) is 0.851. The molecule has 1 aliphatic rings. The van der Waals surface area contributed by atoms with Gasteiger partial charge in [0.1, 0.15) is 5.75 Å². The van der Waals surface area contributed by atoms with E-state index < -0.39 is 0 Å². The van der Waals surface area contributed by atoms with Gasteiger partial charge in [-0.1, -0.05) is 31.4 Å². The van der Waals surface area contributed by atoms with Crippen LogP contribution < -0.4 is 10.1 Å². The summed E-state index contributed by atoms with van der Waals surface area (Å²) in [7, 11) is 2.08. The minimum atomic E-state index is 0.478. The Morgan fingerprint density at radius 2 is 2.06 bits per heavy atom. The monoisotopic (exact) mass is 247 g/mol. The minimum Gasteiger partial charge on any atom is -0.494 e. The summed E-state index contributed by atoms with van der Waals surface area (Å²) in [6.07, 6.45) is 6.88. The smallest absolute Gasteiger partial charge is 0.119 e. The summed E-state index contributed by atoms with van der Waals surface area (Å²) in [6, 6.07) is 9.04. The molecule has 0 radical (unpaired) electrons. The van der Waals surface area contributed by atoms with Gasteiger partial charge in [0.2, 0.25) is 0 Å². The Bertz CT molecular complexity index is 358. The number of ether oxygens (including phenoxy) is 1. The van der Waals surface area contributed by atoms with E-state index in [0.29, 0.717) is 6.04 Å². The summed E-state index contributed by atoms with van der Waals surface area (Å²) >= 11 is 0. The Morgan fingerprint density at radius 3 is 2.72 bits per heavy atom. The van der Waals surface area contributed by atoms with Crippen molar-refractivity contribution >= 4 is 0 Å². The van der Waals surface area contributed by atoms with E-state index in [1.807, 2.05) is 13.0 Å². The third kappa shape index (κ3) is 3.26. The largest absolute Gasteiger partial charge is 0.494 e. The SMILES string of the molecule is CCOc1cccc(C(NC)C2CCCCC2)c1. The number of hydrogen-bond acceptors (Lipinski definition) is 2. The molecule has 0 spiro atoms. The van der Waals surface area contributed by atoms with E-state index in [1.54, 1.807) is 0 Å². The molecule has 2 heteroatoms. The van der Waals surface area contributed by atoms with Gasteiger partial charge < -0.3 is 10.1 Å². The summed E-state index contributed by atoms with van der Waals surface area (Å²) in [6.45, 7) is 2.76. The van der Waals surface area contributed by atoms with Gasteiger partial charge in [-0.05, 0) is 50.4 Å². The van der Waals surface area contributed by atoms with Gasteiger partial charge in [0.15, 0.2) is 0 Å². The van der Waals surface area contributed by atoms with Gasteiger partial charge in [0, 0.05) is 6.04 Å². The zero-order valence-electron chi connectivity index (χ0n) is 11.6. The molecule has 0 amide bonds. The van der Waals surface area contributed by atoms with Crippen molar-refractivity contribution in [1.82, 2.24) is 5.32 Å².